The monoisotopic (exact) mass is 617 g/mol. The van der Waals surface area contributed by atoms with Gasteiger partial charge in [0.1, 0.15) is 0 Å². The molecule has 1 aromatic rings. The molecule has 0 radical (unpaired) electrons. The van der Waals surface area contributed by atoms with Gasteiger partial charge in [-0.3, -0.25) is 48.8 Å². The van der Waals surface area contributed by atoms with Gasteiger partial charge in [-0.15, -0.1) is 0 Å². The Balaban J connectivity index is 0.0000137. The van der Waals surface area contributed by atoms with Gasteiger partial charge in [0.05, 0.1) is 37.6 Å². The van der Waals surface area contributed by atoms with E-state index < -0.39 is 73.5 Å². The molecule has 17 heteroatoms. The maximum atomic E-state index is 11.5. The second kappa shape index (κ2) is 17.5. The summed E-state index contributed by atoms with van der Waals surface area (Å²) in [5.74, 6) is -6.55. The molecule has 38 heavy (non-hydrogen) atoms. The van der Waals surface area contributed by atoms with E-state index in [1.165, 1.54) is 29.2 Å². The molecule has 0 amide bonds. The molecular formula is C21H28N4O12Y+3. The largest absolute Gasteiger partial charge is 3.00 e. The second-order valence-corrected chi connectivity index (χ2v) is 8.10. The summed E-state index contributed by atoms with van der Waals surface area (Å²) in [6.45, 7) is -3.70. The number of carboxylic acids is 5. The molecule has 0 fully saturated rings. The first-order valence-corrected chi connectivity index (χ1v) is 10.8. The van der Waals surface area contributed by atoms with Crippen molar-refractivity contribution in [3.05, 3.63) is 39.9 Å². The van der Waals surface area contributed by atoms with Gasteiger partial charge in [0, 0.05) is 37.8 Å². The van der Waals surface area contributed by atoms with Crippen LogP contribution in [-0.2, 0) is 63.1 Å². The minimum absolute atomic E-state index is 0. The van der Waals surface area contributed by atoms with Crippen molar-refractivity contribution in [2.45, 2.75) is 12.5 Å². The maximum Gasteiger partial charge on any atom is 3.00 e. The van der Waals surface area contributed by atoms with Crippen molar-refractivity contribution in [1.82, 2.24) is 14.7 Å². The Morgan fingerprint density at radius 1 is 0.711 bits per heavy atom. The van der Waals surface area contributed by atoms with Crippen molar-refractivity contribution in [3.63, 3.8) is 0 Å². The van der Waals surface area contributed by atoms with Crippen molar-refractivity contribution in [1.29, 1.82) is 0 Å². The van der Waals surface area contributed by atoms with Crippen LogP contribution in [0.2, 0.25) is 0 Å². The Hall–Kier alpha value is -3.05. The molecule has 0 aliphatic carbocycles. The van der Waals surface area contributed by atoms with Gasteiger partial charge in [-0.25, -0.2) is 0 Å². The number of nitro benzene ring substituents is 1. The van der Waals surface area contributed by atoms with Crippen molar-refractivity contribution in [2.24, 2.45) is 0 Å². The number of nitro groups is 1. The quantitative estimate of drug-likeness (QED) is 0.0908. The first kappa shape index (κ1) is 35.0. The van der Waals surface area contributed by atoms with E-state index in [-0.39, 0.29) is 64.5 Å². The van der Waals surface area contributed by atoms with Gasteiger partial charge >= 0.3 is 62.6 Å². The molecule has 1 rings (SSSR count). The van der Waals surface area contributed by atoms with Crippen molar-refractivity contribution in [2.75, 3.05) is 52.4 Å². The molecule has 0 aliphatic rings. The number of non-ortho nitro benzene ring substituents is 1. The number of rotatable bonds is 19. The number of hydrogen-bond acceptors (Lipinski definition) is 10. The molecule has 1 atom stereocenters. The zero-order valence-corrected chi connectivity index (χ0v) is 23.0. The van der Waals surface area contributed by atoms with Crippen molar-refractivity contribution < 1.29 is 87.1 Å². The Labute approximate surface area is 241 Å². The van der Waals surface area contributed by atoms with E-state index in [2.05, 4.69) is 0 Å². The van der Waals surface area contributed by atoms with E-state index in [9.17, 15) is 49.4 Å². The Bertz CT molecular complexity index is 959. The number of hydrogen-bond donors (Lipinski definition) is 5. The van der Waals surface area contributed by atoms with Crippen LogP contribution >= 0.6 is 0 Å². The van der Waals surface area contributed by atoms with Gasteiger partial charge in [0.2, 0.25) is 0 Å². The van der Waals surface area contributed by atoms with E-state index in [1.807, 2.05) is 0 Å². The van der Waals surface area contributed by atoms with Gasteiger partial charge in [-0.2, -0.15) is 0 Å². The van der Waals surface area contributed by atoms with E-state index >= 15 is 0 Å². The molecular weight excluding hydrogens is 589 g/mol. The molecule has 0 bridgehead atoms. The fraction of sp³-hybridized carbons (Fsp3) is 0.476. The third-order valence-electron chi connectivity index (χ3n) is 5.09. The van der Waals surface area contributed by atoms with Crippen LogP contribution in [-0.4, -0.2) is 133 Å². The number of carbonyl (C=O) groups is 5. The summed E-state index contributed by atoms with van der Waals surface area (Å²) in [5, 5.41) is 56.9. The SMILES string of the molecule is O=C(O)CN(CCN(CC(=O)O)CC(Cc1ccc([N+](=O)[O-])cc1)N(CC(=O)O)CC(=O)O)CC(=O)O.[Y+3]. The Morgan fingerprint density at radius 2 is 1.11 bits per heavy atom. The number of aliphatic carboxylic acids is 5. The van der Waals surface area contributed by atoms with Crippen LogP contribution in [0.25, 0.3) is 0 Å². The van der Waals surface area contributed by atoms with Crippen LogP contribution in [0.5, 0.6) is 0 Å². The van der Waals surface area contributed by atoms with Crippen LogP contribution in [0.15, 0.2) is 24.3 Å². The topological polar surface area (TPSA) is 239 Å². The molecule has 1 unspecified atom stereocenters. The molecule has 0 aliphatic heterocycles. The van der Waals surface area contributed by atoms with E-state index in [1.54, 1.807) is 0 Å². The first-order chi connectivity index (χ1) is 17.3. The average Bonchev–Trinajstić information content (AvgIpc) is 2.75. The smallest absolute Gasteiger partial charge is 0.480 e. The molecule has 1 aromatic carbocycles. The summed E-state index contributed by atoms with van der Waals surface area (Å²) in [5.41, 5.74) is 0.294. The summed E-state index contributed by atoms with van der Waals surface area (Å²) in [6.07, 6.45) is 0.00262. The molecule has 204 valence electrons. The molecule has 0 saturated heterocycles. The Morgan fingerprint density at radius 3 is 1.50 bits per heavy atom. The van der Waals surface area contributed by atoms with Gasteiger partial charge in [-0.1, -0.05) is 12.1 Å². The second-order valence-electron chi connectivity index (χ2n) is 8.10. The van der Waals surface area contributed by atoms with Gasteiger partial charge in [0.25, 0.3) is 5.69 Å². The summed E-state index contributed by atoms with van der Waals surface area (Å²) in [6, 6.07) is 4.37. The third-order valence-corrected chi connectivity index (χ3v) is 5.09. The standard InChI is InChI=1S/C21H28N4O12.Y/c26-17(27)9-22(5-6-23(10-18(28)29)11-19(30)31)8-16(24(12-20(32)33)13-21(34)35)7-14-1-3-15(4-2-14)25(36)37;/h1-4,16H,5-13H2,(H,26,27)(H,28,29)(H,30,31)(H,32,33)(H,34,35);/q;+3. The number of benzene rings is 1. The molecule has 0 heterocycles. The predicted octanol–water partition coefficient (Wildman–Crippen LogP) is -1.17. The normalized spacial score (nSPS) is 11.7. The number of nitrogens with zero attached hydrogens (tertiary/aromatic N) is 4. The van der Waals surface area contributed by atoms with Crippen LogP contribution in [0, 0.1) is 10.1 Å². The molecule has 16 nitrogen and oxygen atoms in total. The summed E-state index contributed by atoms with van der Waals surface area (Å²) < 4.78 is 0. The molecule has 0 aromatic heterocycles. The van der Waals surface area contributed by atoms with E-state index in [0.29, 0.717) is 5.56 Å². The predicted molar refractivity (Wildman–Crippen MR) is 123 cm³/mol. The van der Waals surface area contributed by atoms with Gasteiger partial charge < -0.3 is 25.5 Å². The molecule has 0 saturated carbocycles. The van der Waals surface area contributed by atoms with Crippen molar-refractivity contribution >= 4 is 35.5 Å². The first-order valence-electron chi connectivity index (χ1n) is 10.8. The fourth-order valence-corrected chi connectivity index (χ4v) is 3.60. The van der Waals surface area contributed by atoms with Crippen molar-refractivity contribution in [3.8, 4) is 0 Å². The maximum absolute atomic E-state index is 11.5. The number of carboxylic acid groups (broad SMARTS) is 5. The van der Waals surface area contributed by atoms with Crippen LogP contribution < -0.4 is 0 Å². The molecule has 5 N–H and O–H groups in total. The van der Waals surface area contributed by atoms with Crippen LogP contribution in [0.4, 0.5) is 5.69 Å². The van der Waals surface area contributed by atoms with Gasteiger partial charge in [-0.05, 0) is 12.0 Å². The summed E-state index contributed by atoms with van der Waals surface area (Å²) in [7, 11) is 0. The minimum Gasteiger partial charge on any atom is -0.480 e. The fourth-order valence-electron chi connectivity index (χ4n) is 3.60. The average molecular weight is 617 g/mol. The summed E-state index contributed by atoms with van der Waals surface area (Å²) >= 11 is 0. The van der Waals surface area contributed by atoms with E-state index in [0.717, 1.165) is 9.80 Å². The molecule has 0 spiro atoms. The Kier molecular flexibility index (Phi) is 16.1. The third kappa shape index (κ3) is 14.6. The van der Waals surface area contributed by atoms with Crippen LogP contribution in [0.1, 0.15) is 5.56 Å². The zero-order valence-electron chi connectivity index (χ0n) is 20.2. The minimum atomic E-state index is -1.34. The summed E-state index contributed by atoms with van der Waals surface area (Å²) in [4.78, 5) is 70.2. The van der Waals surface area contributed by atoms with Gasteiger partial charge in [0.15, 0.2) is 0 Å². The van der Waals surface area contributed by atoms with Crippen LogP contribution in [0.3, 0.4) is 0 Å². The zero-order chi connectivity index (χ0) is 28.1. The van der Waals surface area contributed by atoms with E-state index in [4.69, 9.17) is 10.2 Å².